The summed E-state index contributed by atoms with van der Waals surface area (Å²) in [5, 5.41) is 11.6. The van der Waals surface area contributed by atoms with Gasteiger partial charge in [-0.3, -0.25) is 14.4 Å². The van der Waals surface area contributed by atoms with E-state index >= 15 is 0 Å². The van der Waals surface area contributed by atoms with Crippen LogP contribution in [0.25, 0.3) is 11.4 Å². The van der Waals surface area contributed by atoms with Crippen LogP contribution in [-0.4, -0.2) is 83.9 Å². The molecular formula is C27H34N8O4S. The van der Waals surface area contributed by atoms with Crippen molar-refractivity contribution in [2.75, 3.05) is 25.4 Å². The van der Waals surface area contributed by atoms with Crippen LogP contribution in [0.3, 0.4) is 0 Å². The Kier molecular flexibility index (Phi) is 8.78. The molecule has 1 N–H and O–H groups in total. The third-order valence-electron chi connectivity index (χ3n) is 7.13. The van der Waals surface area contributed by atoms with E-state index in [9.17, 15) is 14.4 Å². The Morgan fingerprint density at radius 2 is 1.93 bits per heavy atom. The molecule has 2 aliphatic rings. The van der Waals surface area contributed by atoms with E-state index in [1.165, 1.54) is 11.8 Å². The minimum absolute atomic E-state index is 0.0360. The standard InChI is InChI=1S/C27H34N8O4S/c1-18-26-30-25(20-8-4-3-5-9-20)31-35(26)15-14-33(24(37)17-40-16-22-29-19(2)32-39-22)12-7-11-23(36)34-13-6-10-21(34)27(38)28-18/h3-5,8-9,18,21H,6-7,10-17H2,1-2H3,(H,28,38)/t18-,21-/m0/s1. The van der Waals surface area contributed by atoms with Crippen LogP contribution < -0.4 is 5.32 Å². The quantitative estimate of drug-likeness (QED) is 0.493. The van der Waals surface area contributed by atoms with Gasteiger partial charge < -0.3 is 19.6 Å². The lowest BCUT2D eigenvalue weighted by atomic mass is 10.1. The molecule has 1 fully saturated rings. The Bertz CT molecular complexity index is 1340. The number of carbonyl (C=O) groups is 3. The summed E-state index contributed by atoms with van der Waals surface area (Å²) in [6, 6.07) is 8.73. The van der Waals surface area contributed by atoms with Gasteiger partial charge in [-0.15, -0.1) is 11.8 Å². The molecule has 4 heterocycles. The van der Waals surface area contributed by atoms with Crippen LogP contribution in [0, 0.1) is 6.92 Å². The van der Waals surface area contributed by atoms with Gasteiger partial charge >= 0.3 is 0 Å². The van der Waals surface area contributed by atoms with E-state index in [0.717, 1.165) is 12.0 Å². The highest BCUT2D eigenvalue weighted by Crippen LogP contribution is 2.23. The lowest BCUT2D eigenvalue weighted by Crippen LogP contribution is -2.47. The maximum absolute atomic E-state index is 13.3. The molecule has 0 bridgehead atoms. The van der Waals surface area contributed by atoms with Crippen LogP contribution in [0.4, 0.5) is 0 Å². The highest BCUT2D eigenvalue weighted by Gasteiger charge is 2.35. The zero-order valence-electron chi connectivity index (χ0n) is 22.8. The van der Waals surface area contributed by atoms with Gasteiger partial charge in [0.25, 0.3) is 0 Å². The highest BCUT2D eigenvalue weighted by atomic mass is 32.2. The summed E-state index contributed by atoms with van der Waals surface area (Å²) >= 11 is 1.41. The molecule has 3 amide bonds. The fraction of sp³-hybridized carbons (Fsp3) is 0.519. The summed E-state index contributed by atoms with van der Waals surface area (Å²) in [5.41, 5.74) is 0.868. The Morgan fingerprint density at radius 3 is 2.70 bits per heavy atom. The molecule has 13 heteroatoms. The predicted molar refractivity (Wildman–Crippen MR) is 148 cm³/mol. The molecule has 212 valence electrons. The van der Waals surface area contributed by atoms with Gasteiger partial charge in [-0.05, 0) is 33.1 Å². The van der Waals surface area contributed by atoms with Crippen LogP contribution in [0.15, 0.2) is 34.9 Å². The number of thioether (sulfide) groups is 1. The molecule has 0 saturated carbocycles. The van der Waals surface area contributed by atoms with Crippen molar-refractivity contribution in [1.29, 1.82) is 0 Å². The monoisotopic (exact) mass is 566 g/mol. The zero-order valence-corrected chi connectivity index (χ0v) is 23.6. The highest BCUT2D eigenvalue weighted by molar-refractivity contribution is 7.99. The van der Waals surface area contributed by atoms with E-state index in [4.69, 9.17) is 14.6 Å². The predicted octanol–water partition coefficient (Wildman–Crippen LogP) is 2.36. The first-order valence-electron chi connectivity index (χ1n) is 13.6. The number of amides is 3. The van der Waals surface area contributed by atoms with Gasteiger partial charge in [0, 0.05) is 31.6 Å². The fourth-order valence-electron chi connectivity index (χ4n) is 5.12. The topological polar surface area (TPSA) is 139 Å². The largest absolute Gasteiger partial charge is 0.345 e. The lowest BCUT2D eigenvalue weighted by molar-refractivity contribution is -0.139. The summed E-state index contributed by atoms with van der Waals surface area (Å²) in [7, 11) is 0. The molecule has 3 aromatic rings. The van der Waals surface area contributed by atoms with Crippen molar-refractivity contribution < 1.29 is 18.9 Å². The summed E-state index contributed by atoms with van der Waals surface area (Å²) in [4.78, 5) is 52.0. The molecule has 5 rings (SSSR count). The van der Waals surface area contributed by atoms with Crippen molar-refractivity contribution in [2.45, 2.75) is 63.9 Å². The Morgan fingerprint density at radius 1 is 1.10 bits per heavy atom. The number of nitrogens with one attached hydrogen (secondary N) is 1. The molecule has 2 aromatic heterocycles. The first kappa shape index (κ1) is 27.8. The average Bonchev–Trinajstić information content (AvgIpc) is 3.70. The second kappa shape index (κ2) is 12.6. The summed E-state index contributed by atoms with van der Waals surface area (Å²) in [5.74, 6) is 2.64. The number of hydrogen-bond acceptors (Lipinski definition) is 9. The van der Waals surface area contributed by atoms with Crippen molar-refractivity contribution in [3.05, 3.63) is 47.9 Å². The average molecular weight is 567 g/mol. The van der Waals surface area contributed by atoms with Gasteiger partial charge in [-0.2, -0.15) is 10.1 Å². The minimum atomic E-state index is -0.495. The normalized spacial score (nSPS) is 20.6. The molecule has 2 atom stereocenters. The van der Waals surface area contributed by atoms with Crippen LogP contribution in [0.2, 0.25) is 0 Å². The van der Waals surface area contributed by atoms with Crippen LogP contribution in [-0.2, 0) is 26.7 Å². The second-order valence-corrected chi connectivity index (χ2v) is 11.1. The molecule has 12 nitrogen and oxygen atoms in total. The molecule has 40 heavy (non-hydrogen) atoms. The van der Waals surface area contributed by atoms with E-state index in [0.29, 0.717) is 68.1 Å². The number of nitrogens with zero attached hydrogens (tertiary/aromatic N) is 7. The summed E-state index contributed by atoms with van der Waals surface area (Å²) in [6.45, 7) is 5.42. The number of hydrogen-bond donors (Lipinski definition) is 1. The van der Waals surface area contributed by atoms with Crippen molar-refractivity contribution >= 4 is 29.5 Å². The van der Waals surface area contributed by atoms with E-state index in [1.54, 1.807) is 21.4 Å². The van der Waals surface area contributed by atoms with Gasteiger partial charge in [-0.25, -0.2) is 9.67 Å². The summed E-state index contributed by atoms with van der Waals surface area (Å²) in [6.07, 6.45) is 2.21. The number of aryl methyl sites for hydroxylation is 1. The maximum Gasteiger partial charge on any atom is 0.243 e. The molecule has 0 aliphatic carbocycles. The van der Waals surface area contributed by atoms with E-state index in [2.05, 4.69) is 15.5 Å². The Balaban J connectivity index is 1.37. The van der Waals surface area contributed by atoms with Gasteiger partial charge in [-0.1, -0.05) is 35.5 Å². The number of benzene rings is 1. The van der Waals surface area contributed by atoms with E-state index < -0.39 is 12.1 Å². The third-order valence-corrected chi connectivity index (χ3v) is 8.03. The van der Waals surface area contributed by atoms with Gasteiger partial charge in [0.05, 0.1) is 24.1 Å². The van der Waals surface area contributed by atoms with Crippen molar-refractivity contribution in [3.8, 4) is 11.4 Å². The van der Waals surface area contributed by atoms with Crippen molar-refractivity contribution in [2.24, 2.45) is 0 Å². The van der Waals surface area contributed by atoms with E-state index in [1.807, 2.05) is 37.3 Å². The third kappa shape index (κ3) is 6.52. The Hall–Kier alpha value is -3.74. The number of rotatable bonds is 5. The van der Waals surface area contributed by atoms with E-state index in [-0.39, 0.29) is 29.9 Å². The van der Waals surface area contributed by atoms with Crippen LogP contribution in [0.1, 0.15) is 56.2 Å². The van der Waals surface area contributed by atoms with Crippen LogP contribution in [0.5, 0.6) is 0 Å². The van der Waals surface area contributed by atoms with Gasteiger partial charge in [0.1, 0.15) is 11.9 Å². The van der Waals surface area contributed by atoms with Gasteiger partial charge in [0.2, 0.25) is 23.6 Å². The molecular weight excluding hydrogens is 532 g/mol. The van der Waals surface area contributed by atoms with Crippen LogP contribution >= 0.6 is 11.8 Å². The molecule has 0 spiro atoms. The first-order valence-corrected chi connectivity index (χ1v) is 14.8. The SMILES string of the molecule is Cc1noc(CSCC(=O)N2CCCC(=O)N3CCC[C@H]3C(=O)N[C@@H](C)c3nc(-c4ccccc4)nn3CC2)n1. The summed E-state index contributed by atoms with van der Waals surface area (Å²) < 4.78 is 6.93. The zero-order chi connectivity index (χ0) is 28.1. The number of carbonyl (C=O) groups excluding carboxylic acids is 3. The lowest BCUT2D eigenvalue weighted by Gasteiger charge is -2.28. The molecule has 2 aliphatic heterocycles. The maximum atomic E-state index is 13.3. The Labute approximate surface area is 236 Å². The molecule has 1 saturated heterocycles. The fourth-order valence-corrected chi connectivity index (χ4v) is 5.87. The molecule has 0 radical (unpaired) electrons. The second-order valence-electron chi connectivity index (χ2n) is 10.1. The first-order chi connectivity index (χ1) is 19.4. The molecule has 0 unspecified atom stereocenters. The van der Waals surface area contributed by atoms with Crippen molar-refractivity contribution in [1.82, 2.24) is 40.0 Å². The number of fused-ring (bicyclic) bond motifs is 2. The number of aromatic nitrogens is 5. The smallest absolute Gasteiger partial charge is 0.243 e. The van der Waals surface area contributed by atoms with Gasteiger partial charge in [0.15, 0.2) is 11.6 Å². The van der Waals surface area contributed by atoms with Crippen molar-refractivity contribution in [3.63, 3.8) is 0 Å². The minimum Gasteiger partial charge on any atom is -0.345 e. The molecule has 1 aromatic carbocycles.